The quantitative estimate of drug-likeness (QED) is 0.795. The minimum absolute atomic E-state index is 0.239. The van der Waals surface area contributed by atoms with Crippen LogP contribution in [0.2, 0.25) is 0 Å². The highest BCUT2D eigenvalue weighted by Crippen LogP contribution is 2.35. The molecule has 0 bridgehead atoms. The number of hydrogen-bond donors (Lipinski definition) is 1. The molecule has 4 rings (SSSR count). The van der Waals surface area contributed by atoms with Crippen LogP contribution in [-0.2, 0) is 24.2 Å². The number of thiophene rings is 1. The fourth-order valence-corrected chi connectivity index (χ4v) is 4.53. The van der Waals surface area contributed by atoms with Gasteiger partial charge in [0.05, 0.1) is 5.39 Å². The molecule has 0 atom stereocenters. The summed E-state index contributed by atoms with van der Waals surface area (Å²) in [6, 6.07) is 7.63. The molecule has 1 aromatic carbocycles. The van der Waals surface area contributed by atoms with Gasteiger partial charge in [0.1, 0.15) is 17.2 Å². The summed E-state index contributed by atoms with van der Waals surface area (Å²) in [4.78, 5) is 30.9. The van der Waals surface area contributed by atoms with Crippen LogP contribution in [0.4, 0.5) is 0 Å². The molecule has 5 nitrogen and oxygen atoms in total. The Balaban J connectivity index is 2.03. The van der Waals surface area contributed by atoms with E-state index < -0.39 is 5.97 Å². The SMILES string of the molecule is Cc1ccc(-c2nc3sc4c(c3c(=O)n2CC(=O)O)CCC4)cc1. The third kappa shape index (κ3) is 2.34. The van der Waals surface area contributed by atoms with Gasteiger partial charge in [-0.05, 0) is 31.7 Å². The van der Waals surface area contributed by atoms with Gasteiger partial charge >= 0.3 is 5.97 Å². The number of aliphatic carboxylic acids is 1. The van der Waals surface area contributed by atoms with Crippen molar-refractivity contribution in [2.75, 3.05) is 0 Å². The Labute approximate surface area is 142 Å². The molecule has 0 fully saturated rings. The number of fused-ring (bicyclic) bond motifs is 3. The van der Waals surface area contributed by atoms with Gasteiger partial charge in [0, 0.05) is 10.4 Å². The van der Waals surface area contributed by atoms with Crippen molar-refractivity contribution < 1.29 is 9.90 Å². The Kier molecular flexibility index (Phi) is 3.49. The minimum Gasteiger partial charge on any atom is -0.480 e. The van der Waals surface area contributed by atoms with Crippen LogP contribution in [0.3, 0.4) is 0 Å². The summed E-state index contributed by atoms with van der Waals surface area (Å²) >= 11 is 1.57. The summed E-state index contributed by atoms with van der Waals surface area (Å²) in [7, 11) is 0. The zero-order valence-electron chi connectivity index (χ0n) is 13.2. The third-order valence-corrected chi connectivity index (χ3v) is 5.61. The van der Waals surface area contributed by atoms with E-state index in [2.05, 4.69) is 4.98 Å². The van der Waals surface area contributed by atoms with Gasteiger partial charge in [-0.25, -0.2) is 4.98 Å². The van der Waals surface area contributed by atoms with Crippen molar-refractivity contribution in [1.82, 2.24) is 9.55 Å². The monoisotopic (exact) mass is 340 g/mol. The molecule has 0 saturated heterocycles. The Bertz CT molecular complexity index is 1020. The second-order valence-electron chi connectivity index (χ2n) is 6.12. The molecule has 0 spiro atoms. The predicted molar refractivity (Wildman–Crippen MR) is 93.7 cm³/mol. The van der Waals surface area contributed by atoms with Gasteiger partial charge in [-0.1, -0.05) is 29.8 Å². The van der Waals surface area contributed by atoms with Crippen molar-refractivity contribution in [3.05, 3.63) is 50.6 Å². The normalized spacial score (nSPS) is 13.4. The largest absolute Gasteiger partial charge is 0.480 e. The fraction of sp³-hybridized carbons (Fsp3) is 0.278. The summed E-state index contributed by atoms with van der Waals surface area (Å²) in [5, 5.41) is 9.85. The van der Waals surface area contributed by atoms with Gasteiger partial charge in [0.2, 0.25) is 0 Å². The third-order valence-electron chi connectivity index (χ3n) is 4.43. The van der Waals surface area contributed by atoms with Crippen molar-refractivity contribution in [3.63, 3.8) is 0 Å². The van der Waals surface area contributed by atoms with Crippen LogP contribution in [0.15, 0.2) is 29.1 Å². The maximum absolute atomic E-state index is 13.0. The molecule has 1 aliphatic carbocycles. The smallest absolute Gasteiger partial charge is 0.323 e. The molecule has 0 amide bonds. The van der Waals surface area contributed by atoms with Crippen LogP contribution in [0.25, 0.3) is 21.6 Å². The molecule has 0 saturated carbocycles. The Morgan fingerprint density at radius 2 is 2.04 bits per heavy atom. The standard InChI is InChI=1S/C18H16N2O3S/c1-10-5-7-11(8-6-10)16-19-17-15(12-3-2-4-13(12)24-17)18(23)20(16)9-14(21)22/h5-8H,2-4,9H2,1H3,(H,21,22). The molecular formula is C18H16N2O3S. The van der Waals surface area contributed by atoms with Crippen LogP contribution < -0.4 is 5.56 Å². The van der Waals surface area contributed by atoms with Crippen LogP contribution in [-0.4, -0.2) is 20.6 Å². The summed E-state index contributed by atoms with van der Waals surface area (Å²) in [6.45, 7) is 1.60. The zero-order valence-corrected chi connectivity index (χ0v) is 14.0. The van der Waals surface area contributed by atoms with E-state index in [0.29, 0.717) is 11.2 Å². The molecule has 1 aliphatic rings. The molecule has 122 valence electrons. The Morgan fingerprint density at radius 1 is 1.29 bits per heavy atom. The minimum atomic E-state index is -1.04. The Morgan fingerprint density at radius 3 is 2.75 bits per heavy atom. The molecule has 0 aliphatic heterocycles. The lowest BCUT2D eigenvalue weighted by Gasteiger charge is -2.11. The van der Waals surface area contributed by atoms with Crippen LogP contribution in [0, 0.1) is 6.92 Å². The number of hydrogen-bond acceptors (Lipinski definition) is 4. The molecule has 3 aromatic rings. The van der Waals surface area contributed by atoms with Crippen molar-refractivity contribution in [1.29, 1.82) is 0 Å². The molecule has 2 heterocycles. The maximum atomic E-state index is 13.0. The average molecular weight is 340 g/mol. The van der Waals surface area contributed by atoms with Gasteiger partial charge < -0.3 is 5.11 Å². The van der Waals surface area contributed by atoms with Crippen LogP contribution in [0.1, 0.15) is 22.4 Å². The average Bonchev–Trinajstić information content (AvgIpc) is 3.11. The number of carboxylic acids is 1. The highest BCUT2D eigenvalue weighted by molar-refractivity contribution is 7.18. The van der Waals surface area contributed by atoms with Crippen LogP contribution >= 0.6 is 11.3 Å². The van der Waals surface area contributed by atoms with E-state index in [1.807, 2.05) is 31.2 Å². The molecule has 0 radical (unpaired) electrons. The van der Waals surface area contributed by atoms with E-state index in [-0.39, 0.29) is 12.1 Å². The molecule has 0 unspecified atom stereocenters. The fourth-order valence-electron chi connectivity index (χ4n) is 3.28. The van der Waals surface area contributed by atoms with Gasteiger partial charge in [-0.3, -0.25) is 14.2 Å². The van der Waals surface area contributed by atoms with E-state index >= 15 is 0 Å². The first kappa shape index (κ1) is 15.1. The maximum Gasteiger partial charge on any atom is 0.323 e. The van der Waals surface area contributed by atoms with E-state index in [0.717, 1.165) is 40.8 Å². The van der Waals surface area contributed by atoms with Gasteiger partial charge in [-0.2, -0.15) is 0 Å². The second-order valence-corrected chi connectivity index (χ2v) is 7.21. The predicted octanol–water partition coefficient (Wildman–Crippen LogP) is 3.01. The summed E-state index contributed by atoms with van der Waals surface area (Å²) in [5.41, 5.74) is 2.69. The van der Waals surface area contributed by atoms with Gasteiger partial charge in [0.15, 0.2) is 0 Å². The summed E-state index contributed by atoms with van der Waals surface area (Å²) in [5.74, 6) is -0.617. The van der Waals surface area contributed by atoms with Crippen molar-refractivity contribution in [3.8, 4) is 11.4 Å². The second kappa shape index (κ2) is 5.56. The zero-order chi connectivity index (χ0) is 16.8. The van der Waals surface area contributed by atoms with Gasteiger partial charge in [0.25, 0.3) is 5.56 Å². The highest BCUT2D eigenvalue weighted by Gasteiger charge is 2.24. The molecule has 1 N–H and O–H groups in total. The van der Waals surface area contributed by atoms with Gasteiger partial charge in [-0.15, -0.1) is 11.3 Å². The summed E-state index contributed by atoms with van der Waals surface area (Å²) in [6.07, 6.45) is 2.91. The van der Waals surface area contributed by atoms with Crippen molar-refractivity contribution in [2.45, 2.75) is 32.7 Å². The number of carboxylic acid groups (broad SMARTS) is 1. The number of benzene rings is 1. The van der Waals surface area contributed by atoms with E-state index in [4.69, 9.17) is 0 Å². The number of carbonyl (C=O) groups is 1. The topological polar surface area (TPSA) is 72.2 Å². The number of aromatic nitrogens is 2. The number of nitrogens with zero attached hydrogens (tertiary/aromatic N) is 2. The highest BCUT2D eigenvalue weighted by atomic mass is 32.1. The van der Waals surface area contributed by atoms with E-state index in [1.165, 1.54) is 9.44 Å². The first-order valence-electron chi connectivity index (χ1n) is 7.88. The van der Waals surface area contributed by atoms with E-state index in [9.17, 15) is 14.7 Å². The molecule has 6 heteroatoms. The van der Waals surface area contributed by atoms with Crippen LogP contribution in [0.5, 0.6) is 0 Å². The first-order valence-corrected chi connectivity index (χ1v) is 8.70. The lowest BCUT2D eigenvalue weighted by molar-refractivity contribution is -0.137. The number of aryl methyl sites for hydroxylation is 3. The lowest BCUT2D eigenvalue weighted by Crippen LogP contribution is -2.27. The first-order chi connectivity index (χ1) is 11.5. The lowest BCUT2D eigenvalue weighted by atomic mass is 10.1. The number of rotatable bonds is 3. The Hall–Kier alpha value is -2.47. The molecule has 2 aromatic heterocycles. The summed E-state index contributed by atoms with van der Waals surface area (Å²) < 4.78 is 1.29. The van der Waals surface area contributed by atoms with Crippen molar-refractivity contribution in [2.24, 2.45) is 0 Å². The molecule has 24 heavy (non-hydrogen) atoms. The van der Waals surface area contributed by atoms with Crippen molar-refractivity contribution >= 4 is 27.5 Å². The van der Waals surface area contributed by atoms with E-state index in [1.54, 1.807) is 11.3 Å². The molecular weight excluding hydrogens is 324 g/mol.